The molecule has 0 spiro atoms. The number of fused-ring (bicyclic) bond motifs is 1. The molecule has 1 saturated heterocycles. The van der Waals surface area contributed by atoms with Gasteiger partial charge in [-0.15, -0.1) is 0 Å². The molecule has 1 fully saturated rings. The van der Waals surface area contributed by atoms with Crippen molar-refractivity contribution in [2.75, 3.05) is 38.7 Å². The fourth-order valence-corrected chi connectivity index (χ4v) is 3.73. The van der Waals surface area contributed by atoms with E-state index in [9.17, 15) is 4.79 Å². The van der Waals surface area contributed by atoms with Gasteiger partial charge in [-0.3, -0.25) is 9.69 Å². The molecule has 2 aliphatic heterocycles. The molecule has 0 saturated carbocycles. The molecule has 6 nitrogen and oxygen atoms in total. The lowest BCUT2D eigenvalue weighted by Gasteiger charge is -2.26. The predicted molar refractivity (Wildman–Crippen MR) is 108 cm³/mol. The summed E-state index contributed by atoms with van der Waals surface area (Å²) >= 11 is 0. The van der Waals surface area contributed by atoms with Gasteiger partial charge < -0.3 is 19.5 Å². The monoisotopic (exact) mass is 382 g/mol. The van der Waals surface area contributed by atoms with Crippen molar-refractivity contribution >= 4 is 11.6 Å². The summed E-state index contributed by atoms with van der Waals surface area (Å²) in [5.74, 6) is 1.38. The zero-order valence-corrected chi connectivity index (χ0v) is 16.2. The maximum Gasteiger partial charge on any atom is 0.255 e. The Morgan fingerprint density at radius 2 is 1.93 bits per heavy atom. The molecule has 2 heterocycles. The third-order valence-corrected chi connectivity index (χ3v) is 5.13. The highest BCUT2D eigenvalue weighted by Crippen LogP contribution is 2.40. The van der Waals surface area contributed by atoms with Gasteiger partial charge in [0.25, 0.3) is 5.91 Å². The lowest BCUT2D eigenvalue weighted by atomic mass is 10.1. The largest absolute Gasteiger partial charge is 0.493 e. The number of benzene rings is 2. The van der Waals surface area contributed by atoms with Crippen LogP contribution in [0.4, 0.5) is 5.69 Å². The van der Waals surface area contributed by atoms with Crippen LogP contribution < -0.4 is 19.5 Å². The van der Waals surface area contributed by atoms with E-state index < -0.39 is 0 Å². The molecule has 2 aromatic carbocycles. The van der Waals surface area contributed by atoms with Gasteiger partial charge in [0.05, 0.1) is 7.11 Å². The number of carbonyl (C=O) groups excluding carboxylic acids is 1. The van der Waals surface area contributed by atoms with Gasteiger partial charge in [-0.2, -0.15) is 0 Å². The molecule has 2 aromatic rings. The van der Waals surface area contributed by atoms with Gasteiger partial charge in [0, 0.05) is 17.8 Å². The molecule has 1 amide bonds. The van der Waals surface area contributed by atoms with Crippen LogP contribution in [-0.4, -0.2) is 44.2 Å². The third kappa shape index (κ3) is 4.22. The van der Waals surface area contributed by atoms with Crippen LogP contribution in [0.3, 0.4) is 0 Å². The van der Waals surface area contributed by atoms with Crippen LogP contribution in [0.5, 0.6) is 17.2 Å². The number of hydrogen-bond acceptors (Lipinski definition) is 5. The van der Waals surface area contributed by atoms with Crippen LogP contribution in [0.1, 0.15) is 35.2 Å². The maximum atomic E-state index is 12.8. The van der Waals surface area contributed by atoms with Crippen molar-refractivity contribution in [1.29, 1.82) is 0 Å². The summed E-state index contributed by atoms with van der Waals surface area (Å²) in [6, 6.07) is 11.4. The van der Waals surface area contributed by atoms with E-state index >= 15 is 0 Å². The van der Waals surface area contributed by atoms with E-state index in [2.05, 4.69) is 16.3 Å². The summed E-state index contributed by atoms with van der Waals surface area (Å²) in [6.07, 6.45) is 3.86. The number of nitrogens with one attached hydrogen (secondary N) is 1. The zero-order chi connectivity index (χ0) is 19.3. The molecule has 0 unspecified atom stereocenters. The number of hydrogen-bond donors (Lipinski definition) is 1. The molecule has 0 bridgehead atoms. The lowest BCUT2D eigenvalue weighted by molar-refractivity contribution is 0.102. The molecule has 0 aliphatic carbocycles. The average Bonchev–Trinajstić information content (AvgIpc) is 2.74. The van der Waals surface area contributed by atoms with Gasteiger partial charge in [0.2, 0.25) is 5.75 Å². The van der Waals surface area contributed by atoms with Crippen molar-refractivity contribution in [2.24, 2.45) is 0 Å². The second kappa shape index (κ2) is 8.52. The molecule has 1 N–H and O–H groups in total. The molecular weight excluding hydrogens is 356 g/mol. The molecule has 6 heteroatoms. The number of rotatable bonds is 5. The van der Waals surface area contributed by atoms with Crippen LogP contribution in [0.2, 0.25) is 0 Å². The number of anilines is 1. The van der Waals surface area contributed by atoms with E-state index in [1.807, 2.05) is 18.2 Å². The first-order chi connectivity index (χ1) is 13.7. The average molecular weight is 382 g/mol. The summed E-state index contributed by atoms with van der Waals surface area (Å²) in [7, 11) is 1.55. The van der Waals surface area contributed by atoms with Crippen molar-refractivity contribution in [3.8, 4) is 17.2 Å². The Hall–Kier alpha value is -2.73. The van der Waals surface area contributed by atoms with E-state index in [4.69, 9.17) is 14.2 Å². The van der Waals surface area contributed by atoms with Crippen LogP contribution in [-0.2, 0) is 6.54 Å². The smallest absolute Gasteiger partial charge is 0.255 e. The Labute approximate surface area is 165 Å². The SMILES string of the molecule is COc1cc(C(=O)Nc2cccc(CN3CCCCC3)c2)cc2c1OCCO2. The van der Waals surface area contributed by atoms with Crippen LogP contribution in [0.25, 0.3) is 0 Å². The van der Waals surface area contributed by atoms with Crippen molar-refractivity contribution in [1.82, 2.24) is 4.90 Å². The Balaban J connectivity index is 1.48. The first kappa shape index (κ1) is 18.6. The number of amides is 1. The van der Waals surface area contributed by atoms with Gasteiger partial charge in [0.15, 0.2) is 11.5 Å². The van der Waals surface area contributed by atoms with Crippen molar-refractivity contribution in [2.45, 2.75) is 25.8 Å². The number of methoxy groups -OCH3 is 1. The first-order valence-corrected chi connectivity index (χ1v) is 9.83. The summed E-state index contributed by atoms with van der Waals surface area (Å²) in [6.45, 7) is 4.14. The van der Waals surface area contributed by atoms with Crippen molar-refractivity contribution in [3.63, 3.8) is 0 Å². The van der Waals surface area contributed by atoms with Gasteiger partial charge in [-0.25, -0.2) is 0 Å². The second-order valence-corrected chi connectivity index (χ2v) is 7.19. The highest BCUT2D eigenvalue weighted by Gasteiger charge is 2.21. The molecule has 2 aliphatic rings. The maximum absolute atomic E-state index is 12.8. The van der Waals surface area contributed by atoms with Crippen LogP contribution in [0.15, 0.2) is 36.4 Å². The van der Waals surface area contributed by atoms with Crippen molar-refractivity contribution < 1.29 is 19.0 Å². The van der Waals surface area contributed by atoms with E-state index in [0.29, 0.717) is 36.0 Å². The number of nitrogens with zero attached hydrogens (tertiary/aromatic N) is 1. The predicted octanol–water partition coefficient (Wildman–Crippen LogP) is 3.70. The zero-order valence-electron chi connectivity index (χ0n) is 16.2. The second-order valence-electron chi connectivity index (χ2n) is 7.19. The minimum atomic E-state index is -0.203. The minimum absolute atomic E-state index is 0.203. The minimum Gasteiger partial charge on any atom is -0.493 e. The molecule has 4 rings (SSSR count). The third-order valence-electron chi connectivity index (χ3n) is 5.13. The van der Waals surface area contributed by atoms with Gasteiger partial charge >= 0.3 is 0 Å². The number of likely N-dealkylation sites (tertiary alicyclic amines) is 1. The Kier molecular flexibility index (Phi) is 5.67. The Morgan fingerprint density at radius 3 is 2.75 bits per heavy atom. The van der Waals surface area contributed by atoms with Crippen LogP contribution in [0, 0.1) is 0 Å². The van der Waals surface area contributed by atoms with Crippen molar-refractivity contribution in [3.05, 3.63) is 47.5 Å². The van der Waals surface area contributed by atoms with E-state index in [0.717, 1.165) is 25.3 Å². The normalized spacial score (nSPS) is 16.5. The quantitative estimate of drug-likeness (QED) is 0.854. The standard InChI is InChI=1S/C22H26N2O4/c1-26-19-13-17(14-20-21(19)28-11-10-27-20)22(25)23-18-7-5-6-16(12-18)15-24-8-3-2-4-9-24/h5-7,12-14H,2-4,8-11,15H2,1H3,(H,23,25). The van der Waals surface area contributed by atoms with Gasteiger partial charge in [-0.05, 0) is 55.8 Å². The Bertz CT molecular complexity index is 829. The highest BCUT2D eigenvalue weighted by molar-refractivity contribution is 6.05. The summed E-state index contributed by atoms with van der Waals surface area (Å²) in [5.41, 5.74) is 2.47. The topological polar surface area (TPSA) is 60.0 Å². The highest BCUT2D eigenvalue weighted by atomic mass is 16.6. The molecule has 0 radical (unpaired) electrons. The van der Waals surface area contributed by atoms with Crippen LogP contribution >= 0.6 is 0 Å². The van der Waals surface area contributed by atoms with Gasteiger partial charge in [-0.1, -0.05) is 18.6 Å². The lowest BCUT2D eigenvalue weighted by Crippen LogP contribution is -2.29. The fraction of sp³-hybridized carbons (Fsp3) is 0.409. The molecule has 0 atom stereocenters. The fourth-order valence-electron chi connectivity index (χ4n) is 3.73. The first-order valence-electron chi connectivity index (χ1n) is 9.83. The molecule has 28 heavy (non-hydrogen) atoms. The van der Waals surface area contributed by atoms with Gasteiger partial charge in [0.1, 0.15) is 13.2 Å². The van der Waals surface area contributed by atoms with E-state index in [-0.39, 0.29) is 5.91 Å². The van der Waals surface area contributed by atoms with E-state index in [1.54, 1.807) is 19.2 Å². The number of ether oxygens (including phenoxy) is 3. The van der Waals surface area contributed by atoms with E-state index in [1.165, 1.54) is 24.8 Å². The number of piperidine rings is 1. The summed E-state index contributed by atoms with van der Waals surface area (Å²) in [5, 5.41) is 2.98. The summed E-state index contributed by atoms with van der Waals surface area (Å²) < 4.78 is 16.6. The number of carbonyl (C=O) groups is 1. The molecule has 148 valence electrons. The molecule has 0 aromatic heterocycles. The molecular formula is C22H26N2O4. The Morgan fingerprint density at radius 1 is 1.11 bits per heavy atom. The summed E-state index contributed by atoms with van der Waals surface area (Å²) in [4.78, 5) is 15.3.